The fourth-order valence-corrected chi connectivity index (χ4v) is 1.27. The Balaban J connectivity index is 2.33. The van der Waals surface area contributed by atoms with Gasteiger partial charge in [0.2, 0.25) is 5.91 Å². The van der Waals surface area contributed by atoms with Crippen LogP contribution < -0.4 is 5.32 Å². The van der Waals surface area contributed by atoms with Gasteiger partial charge in [0.25, 0.3) is 0 Å². The maximum atomic E-state index is 11.2. The van der Waals surface area contributed by atoms with E-state index in [1.54, 1.807) is 0 Å². The molecule has 0 spiro atoms. The third kappa shape index (κ3) is 4.61. The number of hydrogen-bond acceptors (Lipinski definition) is 2. The zero-order chi connectivity index (χ0) is 11.1. The molecule has 1 N–H and O–H groups in total. The molecule has 3 nitrogen and oxygen atoms in total. The highest BCUT2D eigenvalue weighted by atomic mass is 16.5. The first-order chi connectivity index (χ1) is 7.22. The van der Waals surface area contributed by atoms with Gasteiger partial charge in [-0.2, -0.15) is 0 Å². The minimum absolute atomic E-state index is 0.0710. The van der Waals surface area contributed by atoms with Crippen LogP contribution in [-0.4, -0.2) is 19.1 Å². The van der Waals surface area contributed by atoms with Gasteiger partial charge in [0.15, 0.2) is 0 Å². The summed E-state index contributed by atoms with van der Waals surface area (Å²) in [4.78, 5) is 11.2. The first-order valence-electron chi connectivity index (χ1n) is 5.12. The van der Waals surface area contributed by atoms with Crippen LogP contribution in [0.3, 0.4) is 0 Å². The minimum atomic E-state index is -0.0710. The lowest BCUT2D eigenvalue weighted by atomic mass is 10.1. The summed E-state index contributed by atoms with van der Waals surface area (Å²) < 4.78 is 5.00. The van der Waals surface area contributed by atoms with Gasteiger partial charge < -0.3 is 10.1 Å². The van der Waals surface area contributed by atoms with Crippen LogP contribution in [0.2, 0.25) is 0 Å². The van der Waals surface area contributed by atoms with Gasteiger partial charge in [-0.3, -0.25) is 4.79 Å². The van der Waals surface area contributed by atoms with Crippen LogP contribution in [0.1, 0.15) is 18.1 Å². The summed E-state index contributed by atoms with van der Waals surface area (Å²) in [6.07, 6.45) is 0. The van der Waals surface area contributed by atoms with Crippen molar-refractivity contribution in [1.29, 1.82) is 0 Å². The number of ether oxygens (including phenoxy) is 1. The van der Waals surface area contributed by atoms with Crippen LogP contribution >= 0.6 is 0 Å². The number of amides is 1. The number of hydrogen-bond donors (Lipinski definition) is 1. The molecule has 1 aromatic rings. The van der Waals surface area contributed by atoms with E-state index < -0.39 is 0 Å². The molecule has 15 heavy (non-hydrogen) atoms. The number of carbonyl (C=O) groups excluding carboxylic acids is 1. The van der Waals surface area contributed by atoms with Crippen LogP contribution in [-0.2, 0) is 16.1 Å². The van der Waals surface area contributed by atoms with Gasteiger partial charge in [-0.25, -0.2) is 0 Å². The largest absolute Gasteiger partial charge is 0.372 e. The normalized spacial score (nSPS) is 10.0. The smallest absolute Gasteiger partial charge is 0.246 e. The highest BCUT2D eigenvalue weighted by Crippen LogP contribution is 2.02. The summed E-state index contributed by atoms with van der Waals surface area (Å²) in [5, 5.41) is 2.80. The second kappa shape index (κ2) is 6.19. The zero-order valence-electron chi connectivity index (χ0n) is 9.25. The molecule has 0 saturated heterocycles. The third-order valence-corrected chi connectivity index (χ3v) is 2.01. The molecule has 1 aromatic carbocycles. The molecular weight excluding hydrogens is 190 g/mol. The lowest BCUT2D eigenvalue weighted by Crippen LogP contribution is -2.27. The average Bonchev–Trinajstić information content (AvgIpc) is 2.23. The Labute approximate surface area is 90.4 Å². The van der Waals surface area contributed by atoms with E-state index >= 15 is 0 Å². The molecule has 1 rings (SSSR count). The van der Waals surface area contributed by atoms with Crippen molar-refractivity contribution in [3.63, 3.8) is 0 Å². The number of aryl methyl sites for hydroxylation is 1. The molecule has 0 aliphatic rings. The quantitative estimate of drug-likeness (QED) is 0.797. The molecule has 3 heteroatoms. The Bertz CT molecular complexity index is 323. The molecule has 0 heterocycles. The van der Waals surface area contributed by atoms with Crippen molar-refractivity contribution in [2.24, 2.45) is 0 Å². The van der Waals surface area contributed by atoms with E-state index in [0.29, 0.717) is 13.2 Å². The summed E-state index contributed by atoms with van der Waals surface area (Å²) >= 11 is 0. The van der Waals surface area contributed by atoms with Crippen molar-refractivity contribution >= 4 is 5.91 Å². The van der Waals surface area contributed by atoms with Crippen LogP contribution in [0, 0.1) is 6.92 Å². The summed E-state index contributed by atoms with van der Waals surface area (Å²) in [5.74, 6) is -0.0710. The first kappa shape index (κ1) is 11.7. The number of rotatable bonds is 5. The lowest BCUT2D eigenvalue weighted by Gasteiger charge is -2.05. The number of carbonyl (C=O) groups is 1. The first-order valence-corrected chi connectivity index (χ1v) is 5.12. The predicted octanol–water partition coefficient (Wildman–Crippen LogP) is 1.65. The van der Waals surface area contributed by atoms with Gasteiger partial charge >= 0.3 is 0 Å². The Morgan fingerprint density at radius 3 is 2.93 bits per heavy atom. The van der Waals surface area contributed by atoms with E-state index in [2.05, 4.69) is 11.4 Å². The molecule has 0 fully saturated rings. The topological polar surface area (TPSA) is 38.3 Å². The molecule has 0 aromatic heterocycles. The fraction of sp³-hybridized carbons (Fsp3) is 0.417. The van der Waals surface area contributed by atoms with E-state index in [1.165, 1.54) is 5.56 Å². The minimum Gasteiger partial charge on any atom is -0.372 e. The average molecular weight is 207 g/mol. The van der Waals surface area contributed by atoms with Gasteiger partial charge in [0.1, 0.15) is 6.61 Å². The second-order valence-corrected chi connectivity index (χ2v) is 3.40. The number of nitrogens with one attached hydrogen (secondary N) is 1. The van der Waals surface area contributed by atoms with Crippen LogP contribution in [0.15, 0.2) is 24.3 Å². The molecule has 1 amide bonds. The molecule has 82 valence electrons. The van der Waals surface area contributed by atoms with Crippen molar-refractivity contribution in [3.05, 3.63) is 35.4 Å². The van der Waals surface area contributed by atoms with Gasteiger partial charge in [0.05, 0.1) is 0 Å². The van der Waals surface area contributed by atoms with Gasteiger partial charge in [-0.05, 0) is 19.4 Å². The van der Waals surface area contributed by atoms with E-state index in [4.69, 9.17) is 4.74 Å². The third-order valence-electron chi connectivity index (χ3n) is 2.01. The molecular formula is C12H17NO2. The van der Waals surface area contributed by atoms with E-state index in [9.17, 15) is 4.79 Å². The summed E-state index contributed by atoms with van der Waals surface area (Å²) in [6, 6.07) is 8.07. The molecule has 0 radical (unpaired) electrons. The number of benzene rings is 1. The Kier molecular flexibility index (Phi) is 4.84. The Morgan fingerprint density at radius 1 is 1.47 bits per heavy atom. The summed E-state index contributed by atoms with van der Waals surface area (Å²) in [5.41, 5.74) is 2.31. The molecule has 0 atom stereocenters. The molecule has 0 saturated carbocycles. The standard InChI is InChI=1S/C12H17NO2/c1-3-15-9-12(14)13-8-11-6-4-5-10(2)7-11/h4-7H,3,8-9H2,1-2H3,(H,13,14). The van der Waals surface area contributed by atoms with Gasteiger partial charge in [0, 0.05) is 13.2 Å². The maximum Gasteiger partial charge on any atom is 0.246 e. The Hall–Kier alpha value is -1.35. The van der Waals surface area contributed by atoms with Gasteiger partial charge in [-0.15, -0.1) is 0 Å². The van der Waals surface area contributed by atoms with Gasteiger partial charge in [-0.1, -0.05) is 29.8 Å². The Morgan fingerprint density at radius 2 is 2.27 bits per heavy atom. The van der Waals surface area contributed by atoms with Crippen molar-refractivity contribution < 1.29 is 9.53 Å². The SMILES string of the molecule is CCOCC(=O)NCc1cccc(C)c1. The van der Waals surface area contributed by atoms with Crippen molar-refractivity contribution in [2.75, 3.05) is 13.2 Å². The summed E-state index contributed by atoms with van der Waals surface area (Å²) in [6.45, 7) is 5.17. The van der Waals surface area contributed by atoms with Crippen LogP contribution in [0.4, 0.5) is 0 Å². The molecule has 0 aliphatic heterocycles. The molecule has 0 aliphatic carbocycles. The second-order valence-electron chi connectivity index (χ2n) is 3.40. The van der Waals surface area contributed by atoms with Crippen LogP contribution in [0.25, 0.3) is 0 Å². The zero-order valence-corrected chi connectivity index (χ0v) is 9.25. The summed E-state index contributed by atoms with van der Waals surface area (Å²) in [7, 11) is 0. The van der Waals surface area contributed by atoms with E-state index in [1.807, 2.05) is 32.0 Å². The molecule has 0 unspecified atom stereocenters. The van der Waals surface area contributed by atoms with E-state index in [0.717, 1.165) is 5.56 Å². The maximum absolute atomic E-state index is 11.2. The fourth-order valence-electron chi connectivity index (χ4n) is 1.27. The van der Waals surface area contributed by atoms with Crippen LogP contribution in [0.5, 0.6) is 0 Å². The highest BCUT2D eigenvalue weighted by Gasteiger charge is 2.00. The van der Waals surface area contributed by atoms with Crippen molar-refractivity contribution in [1.82, 2.24) is 5.32 Å². The van der Waals surface area contributed by atoms with Crippen molar-refractivity contribution in [3.8, 4) is 0 Å². The predicted molar refractivity (Wildman–Crippen MR) is 59.5 cm³/mol. The lowest BCUT2D eigenvalue weighted by molar-refractivity contribution is -0.125. The van der Waals surface area contributed by atoms with Crippen molar-refractivity contribution in [2.45, 2.75) is 20.4 Å². The highest BCUT2D eigenvalue weighted by molar-refractivity contribution is 5.77. The monoisotopic (exact) mass is 207 g/mol. The van der Waals surface area contributed by atoms with E-state index in [-0.39, 0.29) is 12.5 Å². The molecule has 0 bridgehead atoms.